The summed E-state index contributed by atoms with van der Waals surface area (Å²) in [5.41, 5.74) is 2.59. The molecule has 1 saturated carbocycles. The summed E-state index contributed by atoms with van der Waals surface area (Å²) in [6.07, 6.45) is 6.32. The SMILES string of the molecule is COCCCN=C(NN)NCCC1CCC1. The average molecular weight is 228 g/mol. The minimum Gasteiger partial charge on any atom is -0.385 e. The molecular formula is C11H24N4O. The maximum Gasteiger partial charge on any atom is 0.205 e. The number of guanidine groups is 1. The van der Waals surface area contributed by atoms with Gasteiger partial charge in [-0.2, -0.15) is 0 Å². The summed E-state index contributed by atoms with van der Waals surface area (Å²) in [4.78, 5) is 4.31. The molecule has 0 aromatic carbocycles. The van der Waals surface area contributed by atoms with Crippen molar-refractivity contribution in [3.63, 3.8) is 0 Å². The normalized spacial score (nSPS) is 17.0. The van der Waals surface area contributed by atoms with Crippen molar-refractivity contribution >= 4 is 5.96 Å². The van der Waals surface area contributed by atoms with E-state index in [1.54, 1.807) is 7.11 Å². The molecule has 1 aliphatic rings. The molecule has 0 amide bonds. The lowest BCUT2D eigenvalue weighted by molar-refractivity contribution is 0.197. The first kappa shape index (κ1) is 13.3. The van der Waals surface area contributed by atoms with Crippen LogP contribution in [-0.4, -0.2) is 32.8 Å². The van der Waals surface area contributed by atoms with Crippen LogP contribution in [0.2, 0.25) is 0 Å². The molecule has 0 heterocycles. The first-order chi connectivity index (χ1) is 7.86. The van der Waals surface area contributed by atoms with E-state index < -0.39 is 0 Å². The van der Waals surface area contributed by atoms with Crippen LogP contribution in [0, 0.1) is 5.92 Å². The van der Waals surface area contributed by atoms with Crippen LogP contribution < -0.4 is 16.6 Å². The lowest BCUT2D eigenvalue weighted by Gasteiger charge is -2.25. The quantitative estimate of drug-likeness (QED) is 0.196. The van der Waals surface area contributed by atoms with E-state index in [0.29, 0.717) is 5.96 Å². The highest BCUT2D eigenvalue weighted by molar-refractivity contribution is 5.79. The Morgan fingerprint density at radius 2 is 2.31 bits per heavy atom. The van der Waals surface area contributed by atoms with E-state index in [1.165, 1.54) is 25.7 Å². The molecule has 0 saturated heterocycles. The summed E-state index contributed by atoms with van der Waals surface area (Å²) < 4.78 is 4.95. The summed E-state index contributed by atoms with van der Waals surface area (Å²) in [6.45, 7) is 2.44. The van der Waals surface area contributed by atoms with Gasteiger partial charge in [0.25, 0.3) is 0 Å². The Morgan fingerprint density at radius 1 is 1.50 bits per heavy atom. The van der Waals surface area contributed by atoms with Gasteiger partial charge >= 0.3 is 0 Å². The Labute approximate surface area is 97.8 Å². The van der Waals surface area contributed by atoms with E-state index >= 15 is 0 Å². The molecule has 0 aromatic heterocycles. The lowest BCUT2D eigenvalue weighted by atomic mass is 9.83. The maximum atomic E-state index is 5.38. The van der Waals surface area contributed by atoms with Crippen LogP contribution in [0.25, 0.3) is 0 Å². The first-order valence-electron chi connectivity index (χ1n) is 6.10. The van der Waals surface area contributed by atoms with Crippen LogP contribution in [-0.2, 0) is 4.74 Å². The summed E-state index contributed by atoms with van der Waals surface area (Å²) in [7, 11) is 1.70. The number of hydrogen-bond donors (Lipinski definition) is 3. The monoisotopic (exact) mass is 228 g/mol. The standard InChI is InChI=1S/C11H24N4O/c1-16-9-3-7-13-11(15-12)14-8-6-10-4-2-5-10/h10H,2-9,12H2,1H3,(H2,13,14,15). The maximum absolute atomic E-state index is 5.38. The van der Waals surface area contributed by atoms with Gasteiger partial charge in [-0.05, 0) is 18.8 Å². The molecule has 1 aliphatic carbocycles. The van der Waals surface area contributed by atoms with Crippen molar-refractivity contribution in [2.45, 2.75) is 32.1 Å². The fraction of sp³-hybridized carbons (Fsp3) is 0.909. The summed E-state index contributed by atoms with van der Waals surface area (Å²) in [6, 6.07) is 0. The molecule has 5 heteroatoms. The molecule has 0 aliphatic heterocycles. The number of ether oxygens (including phenoxy) is 1. The van der Waals surface area contributed by atoms with Gasteiger partial charge < -0.3 is 10.1 Å². The molecular weight excluding hydrogens is 204 g/mol. The number of hydrogen-bond acceptors (Lipinski definition) is 3. The highest BCUT2D eigenvalue weighted by Gasteiger charge is 2.16. The Balaban J connectivity index is 2.04. The topological polar surface area (TPSA) is 71.7 Å². The Hall–Kier alpha value is -0.810. The third-order valence-electron chi connectivity index (χ3n) is 2.98. The number of nitrogens with zero attached hydrogens (tertiary/aromatic N) is 1. The van der Waals surface area contributed by atoms with Gasteiger partial charge in [0.15, 0.2) is 0 Å². The first-order valence-corrected chi connectivity index (χ1v) is 6.10. The summed E-state index contributed by atoms with van der Waals surface area (Å²) in [5.74, 6) is 6.98. The van der Waals surface area contributed by atoms with Crippen molar-refractivity contribution in [2.75, 3.05) is 26.8 Å². The van der Waals surface area contributed by atoms with E-state index in [0.717, 1.165) is 32.0 Å². The number of aliphatic imine (C=N–C) groups is 1. The van der Waals surface area contributed by atoms with Gasteiger partial charge in [0.05, 0.1) is 0 Å². The highest BCUT2D eigenvalue weighted by Crippen LogP contribution is 2.28. The third kappa shape index (κ3) is 5.32. The number of rotatable bonds is 7. The molecule has 0 aromatic rings. The molecule has 1 fully saturated rings. The molecule has 0 radical (unpaired) electrons. The van der Waals surface area contributed by atoms with Crippen molar-refractivity contribution in [1.82, 2.24) is 10.7 Å². The highest BCUT2D eigenvalue weighted by atomic mass is 16.5. The Kier molecular flexibility index (Phi) is 6.92. The van der Waals surface area contributed by atoms with E-state index in [1.807, 2.05) is 0 Å². The van der Waals surface area contributed by atoms with Crippen LogP contribution in [0.15, 0.2) is 4.99 Å². The molecule has 0 spiro atoms. The number of nitrogens with two attached hydrogens (primary N) is 1. The van der Waals surface area contributed by atoms with Crippen LogP contribution in [0.1, 0.15) is 32.1 Å². The van der Waals surface area contributed by atoms with Crippen molar-refractivity contribution in [3.05, 3.63) is 0 Å². The zero-order chi connectivity index (χ0) is 11.6. The fourth-order valence-electron chi connectivity index (χ4n) is 1.73. The van der Waals surface area contributed by atoms with Crippen molar-refractivity contribution in [3.8, 4) is 0 Å². The van der Waals surface area contributed by atoms with Gasteiger partial charge in [0.2, 0.25) is 5.96 Å². The van der Waals surface area contributed by atoms with E-state index in [9.17, 15) is 0 Å². The van der Waals surface area contributed by atoms with Crippen molar-refractivity contribution in [2.24, 2.45) is 16.8 Å². The predicted molar refractivity (Wildman–Crippen MR) is 66.1 cm³/mol. The largest absolute Gasteiger partial charge is 0.385 e. The molecule has 0 unspecified atom stereocenters. The van der Waals surface area contributed by atoms with Crippen LogP contribution in [0.3, 0.4) is 0 Å². The average Bonchev–Trinajstić information content (AvgIpc) is 2.24. The lowest BCUT2D eigenvalue weighted by Crippen LogP contribution is -2.42. The van der Waals surface area contributed by atoms with Gasteiger partial charge in [-0.25, -0.2) is 5.84 Å². The third-order valence-corrected chi connectivity index (χ3v) is 2.98. The molecule has 94 valence electrons. The van der Waals surface area contributed by atoms with Crippen molar-refractivity contribution in [1.29, 1.82) is 0 Å². The summed E-state index contributed by atoms with van der Waals surface area (Å²) in [5, 5.41) is 3.22. The predicted octanol–water partition coefficient (Wildman–Crippen LogP) is 0.622. The van der Waals surface area contributed by atoms with Gasteiger partial charge in [-0.3, -0.25) is 10.4 Å². The Bertz CT molecular complexity index is 204. The van der Waals surface area contributed by atoms with E-state index in [4.69, 9.17) is 10.6 Å². The Morgan fingerprint density at radius 3 is 2.88 bits per heavy atom. The second-order valence-electron chi connectivity index (χ2n) is 4.23. The molecule has 0 bridgehead atoms. The van der Waals surface area contributed by atoms with Gasteiger partial charge in [0, 0.05) is 26.8 Å². The zero-order valence-electron chi connectivity index (χ0n) is 10.2. The van der Waals surface area contributed by atoms with Crippen LogP contribution >= 0.6 is 0 Å². The molecule has 1 rings (SSSR count). The molecule has 5 nitrogen and oxygen atoms in total. The second-order valence-corrected chi connectivity index (χ2v) is 4.23. The van der Waals surface area contributed by atoms with Gasteiger partial charge in [-0.15, -0.1) is 0 Å². The number of hydrazine groups is 1. The summed E-state index contributed by atoms with van der Waals surface area (Å²) >= 11 is 0. The van der Waals surface area contributed by atoms with Crippen LogP contribution in [0.5, 0.6) is 0 Å². The second kappa shape index (κ2) is 8.35. The minimum atomic E-state index is 0.690. The van der Waals surface area contributed by atoms with E-state index in [2.05, 4.69) is 15.7 Å². The number of nitrogens with one attached hydrogen (secondary N) is 2. The molecule has 4 N–H and O–H groups in total. The zero-order valence-corrected chi connectivity index (χ0v) is 10.2. The van der Waals surface area contributed by atoms with Gasteiger partial charge in [-0.1, -0.05) is 19.3 Å². The smallest absolute Gasteiger partial charge is 0.205 e. The molecule has 0 atom stereocenters. The fourth-order valence-corrected chi connectivity index (χ4v) is 1.73. The number of methoxy groups -OCH3 is 1. The van der Waals surface area contributed by atoms with Gasteiger partial charge in [0.1, 0.15) is 0 Å². The van der Waals surface area contributed by atoms with Crippen molar-refractivity contribution < 1.29 is 4.74 Å². The molecule has 16 heavy (non-hydrogen) atoms. The van der Waals surface area contributed by atoms with E-state index in [-0.39, 0.29) is 0 Å². The minimum absolute atomic E-state index is 0.690. The van der Waals surface area contributed by atoms with Crippen LogP contribution in [0.4, 0.5) is 0 Å².